The lowest BCUT2D eigenvalue weighted by molar-refractivity contribution is 0.0992. The third-order valence-electron chi connectivity index (χ3n) is 5.37. The zero-order valence-electron chi connectivity index (χ0n) is 15.8. The second-order valence-corrected chi connectivity index (χ2v) is 7.34. The summed E-state index contributed by atoms with van der Waals surface area (Å²) in [5.41, 5.74) is 3.82. The Labute approximate surface area is 167 Å². The van der Waals surface area contributed by atoms with E-state index in [9.17, 15) is 9.18 Å². The molecule has 6 heteroatoms. The van der Waals surface area contributed by atoms with E-state index in [1.165, 1.54) is 30.7 Å². The van der Waals surface area contributed by atoms with Gasteiger partial charge in [0.1, 0.15) is 11.6 Å². The summed E-state index contributed by atoms with van der Waals surface area (Å²) in [6, 6.07) is 11.4. The van der Waals surface area contributed by atoms with Crippen molar-refractivity contribution in [2.45, 2.75) is 32.2 Å². The van der Waals surface area contributed by atoms with E-state index in [2.05, 4.69) is 14.5 Å². The molecule has 3 aromatic heterocycles. The van der Waals surface area contributed by atoms with Gasteiger partial charge in [0, 0.05) is 30.1 Å². The molecule has 0 N–H and O–H groups in total. The molecule has 0 spiro atoms. The number of halogens is 1. The van der Waals surface area contributed by atoms with Crippen LogP contribution >= 0.6 is 0 Å². The number of Topliss-reactive ketones (excluding diaryl/α,β-unsaturated/α-hetero) is 1. The van der Waals surface area contributed by atoms with Crippen LogP contribution in [0, 0.1) is 5.82 Å². The number of carbonyl (C=O) groups is 1. The topological polar surface area (TPSA) is 60.7 Å². The first-order valence-electron chi connectivity index (χ1n) is 9.76. The molecule has 1 aliphatic heterocycles. The SMILES string of the molecule is O=C(Cc1cc2nc(-c3cnc4n3CCCC4)ccc2cn1)c1ccc(F)cc1. The number of rotatable bonds is 4. The molecule has 0 atom stereocenters. The van der Waals surface area contributed by atoms with E-state index >= 15 is 0 Å². The smallest absolute Gasteiger partial charge is 0.168 e. The Bertz CT molecular complexity index is 1210. The minimum atomic E-state index is -0.357. The number of hydrogen-bond acceptors (Lipinski definition) is 4. The lowest BCUT2D eigenvalue weighted by atomic mass is 10.1. The van der Waals surface area contributed by atoms with Crippen molar-refractivity contribution in [2.75, 3.05) is 0 Å². The van der Waals surface area contributed by atoms with Gasteiger partial charge in [0.15, 0.2) is 5.78 Å². The van der Waals surface area contributed by atoms with E-state index in [0.29, 0.717) is 11.3 Å². The lowest BCUT2D eigenvalue weighted by Gasteiger charge is -2.16. The van der Waals surface area contributed by atoms with Gasteiger partial charge < -0.3 is 4.57 Å². The molecule has 4 heterocycles. The van der Waals surface area contributed by atoms with Gasteiger partial charge in [0.05, 0.1) is 35.2 Å². The van der Waals surface area contributed by atoms with Gasteiger partial charge in [0.25, 0.3) is 0 Å². The van der Waals surface area contributed by atoms with E-state index in [-0.39, 0.29) is 18.0 Å². The molecule has 29 heavy (non-hydrogen) atoms. The van der Waals surface area contributed by atoms with Crippen molar-refractivity contribution in [1.29, 1.82) is 0 Å². The molecular weight excluding hydrogens is 367 g/mol. The molecule has 1 aliphatic rings. The maximum Gasteiger partial charge on any atom is 0.168 e. The second-order valence-electron chi connectivity index (χ2n) is 7.34. The van der Waals surface area contributed by atoms with Crippen LogP contribution in [0.5, 0.6) is 0 Å². The number of carbonyl (C=O) groups excluding carboxylic acids is 1. The van der Waals surface area contributed by atoms with E-state index in [1.807, 2.05) is 24.4 Å². The van der Waals surface area contributed by atoms with Crippen LogP contribution in [0.3, 0.4) is 0 Å². The first kappa shape index (κ1) is 17.7. The largest absolute Gasteiger partial charge is 0.327 e. The molecule has 0 radical (unpaired) electrons. The highest BCUT2D eigenvalue weighted by Gasteiger charge is 2.16. The number of aryl methyl sites for hydroxylation is 1. The van der Waals surface area contributed by atoms with Crippen LogP contribution in [0.2, 0.25) is 0 Å². The second kappa shape index (κ2) is 7.20. The zero-order chi connectivity index (χ0) is 19.8. The van der Waals surface area contributed by atoms with Crippen molar-refractivity contribution < 1.29 is 9.18 Å². The Morgan fingerprint density at radius 2 is 1.90 bits per heavy atom. The average Bonchev–Trinajstić information content (AvgIpc) is 3.18. The zero-order valence-corrected chi connectivity index (χ0v) is 15.8. The number of benzene rings is 1. The van der Waals surface area contributed by atoms with Crippen molar-refractivity contribution in [1.82, 2.24) is 19.5 Å². The first-order chi connectivity index (χ1) is 14.2. The standard InChI is InChI=1S/C23H19FN4O/c24-17-7-4-15(5-8-17)22(29)12-18-11-20-16(13-25-18)6-9-19(27-20)21-14-26-23-3-1-2-10-28(21)23/h4-9,11,13-14H,1-3,10,12H2. The molecule has 0 unspecified atom stereocenters. The molecular formula is C23H19FN4O. The molecule has 0 aliphatic carbocycles. The normalized spacial score (nSPS) is 13.4. The van der Waals surface area contributed by atoms with E-state index < -0.39 is 0 Å². The van der Waals surface area contributed by atoms with Gasteiger partial charge in [0.2, 0.25) is 0 Å². The molecule has 0 saturated carbocycles. The van der Waals surface area contributed by atoms with Crippen molar-refractivity contribution in [3.63, 3.8) is 0 Å². The number of aromatic nitrogens is 4. The minimum Gasteiger partial charge on any atom is -0.327 e. The molecule has 0 fully saturated rings. The fraction of sp³-hybridized carbons (Fsp3) is 0.217. The lowest BCUT2D eigenvalue weighted by Crippen LogP contribution is -2.11. The van der Waals surface area contributed by atoms with Crippen molar-refractivity contribution in [2.24, 2.45) is 0 Å². The van der Waals surface area contributed by atoms with E-state index in [1.54, 1.807) is 6.20 Å². The third kappa shape index (κ3) is 3.42. The predicted octanol–water partition coefficient (Wildman–Crippen LogP) is 4.39. The molecule has 4 aromatic rings. The monoisotopic (exact) mass is 386 g/mol. The van der Waals surface area contributed by atoms with Crippen LogP contribution in [-0.4, -0.2) is 25.3 Å². The number of ketones is 1. The minimum absolute atomic E-state index is 0.0992. The summed E-state index contributed by atoms with van der Waals surface area (Å²) in [4.78, 5) is 26.2. The molecule has 0 amide bonds. The molecule has 0 bridgehead atoms. The van der Waals surface area contributed by atoms with Gasteiger partial charge in [-0.05, 0) is 55.3 Å². The summed E-state index contributed by atoms with van der Waals surface area (Å²) >= 11 is 0. The predicted molar refractivity (Wildman–Crippen MR) is 108 cm³/mol. The van der Waals surface area contributed by atoms with Gasteiger partial charge >= 0.3 is 0 Å². The number of pyridine rings is 2. The van der Waals surface area contributed by atoms with E-state index in [4.69, 9.17) is 4.98 Å². The summed E-state index contributed by atoms with van der Waals surface area (Å²) < 4.78 is 15.3. The van der Waals surface area contributed by atoms with Crippen molar-refractivity contribution >= 4 is 16.7 Å². The Morgan fingerprint density at radius 1 is 1.03 bits per heavy atom. The molecule has 5 nitrogen and oxygen atoms in total. The Kier molecular flexibility index (Phi) is 4.39. The van der Waals surface area contributed by atoms with Gasteiger partial charge in [-0.1, -0.05) is 0 Å². The summed E-state index contributed by atoms with van der Waals surface area (Å²) in [6.45, 7) is 0.970. The van der Waals surface area contributed by atoms with Crippen LogP contribution in [-0.2, 0) is 19.4 Å². The number of imidazole rings is 1. The Morgan fingerprint density at radius 3 is 2.76 bits per heavy atom. The number of fused-ring (bicyclic) bond motifs is 2. The van der Waals surface area contributed by atoms with Crippen LogP contribution in [0.25, 0.3) is 22.3 Å². The highest BCUT2D eigenvalue weighted by Crippen LogP contribution is 2.25. The molecule has 5 rings (SSSR count). The van der Waals surface area contributed by atoms with Gasteiger partial charge in [-0.15, -0.1) is 0 Å². The quantitative estimate of drug-likeness (QED) is 0.488. The van der Waals surface area contributed by atoms with Crippen LogP contribution in [0.4, 0.5) is 4.39 Å². The number of hydrogen-bond donors (Lipinski definition) is 0. The van der Waals surface area contributed by atoms with Gasteiger partial charge in [-0.3, -0.25) is 9.78 Å². The molecule has 144 valence electrons. The van der Waals surface area contributed by atoms with Gasteiger partial charge in [-0.25, -0.2) is 14.4 Å². The maximum atomic E-state index is 13.1. The fourth-order valence-electron chi connectivity index (χ4n) is 3.82. The summed E-state index contributed by atoms with van der Waals surface area (Å²) in [5.74, 6) is 0.662. The molecule has 0 saturated heterocycles. The number of nitrogens with zero attached hydrogens (tertiary/aromatic N) is 4. The first-order valence-corrected chi connectivity index (χ1v) is 9.76. The van der Waals surface area contributed by atoms with Gasteiger partial charge in [-0.2, -0.15) is 0 Å². The highest BCUT2D eigenvalue weighted by molar-refractivity contribution is 5.97. The van der Waals surface area contributed by atoms with Crippen molar-refractivity contribution in [3.05, 3.63) is 77.8 Å². The highest BCUT2D eigenvalue weighted by atomic mass is 19.1. The maximum absolute atomic E-state index is 13.1. The van der Waals surface area contributed by atoms with Crippen molar-refractivity contribution in [3.8, 4) is 11.4 Å². The fourth-order valence-corrected chi connectivity index (χ4v) is 3.82. The third-order valence-corrected chi connectivity index (χ3v) is 5.37. The Hall–Kier alpha value is -3.41. The average molecular weight is 386 g/mol. The van der Waals surface area contributed by atoms with Crippen LogP contribution < -0.4 is 0 Å². The summed E-state index contributed by atoms with van der Waals surface area (Å²) in [6.07, 6.45) is 7.13. The summed E-state index contributed by atoms with van der Waals surface area (Å²) in [5, 5.41) is 0.921. The molecule has 1 aromatic carbocycles. The summed E-state index contributed by atoms with van der Waals surface area (Å²) in [7, 11) is 0. The Balaban J connectivity index is 1.46. The van der Waals surface area contributed by atoms with Crippen LogP contribution in [0.1, 0.15) is 34.7 Å². The van der Waals surface area contributed by atoms with E-state index in [0.717, 1.165) is 47.5 Å². The van der Waals surface area contributed by atoms with Crippen LogP contribution in [0.15, 0.2) is 54.9 Å².